The lowest BCUT2D eigenvalue weighted by atomic mass is 9.94. The third kappa shape index (κ3) is 6.74. The number of carbonyl (C=O) groups excluding carboxylic acids is 2. The van der Waals surface area contributed by atoms with Crippen LogP contribution in [0.4, 0.5) is 5.69 Å². The van der Waals surface area contributed by atoms with Crippen molar-refractivity contribution in [2.24, 2.45) is 16.0 Å². The van der Waals surface area contributed by atoms with Crippen LogP contribution < -0.4 is 5.73 Å². The lowest BCUT2D eigenvalue weighted by Crippen LogP contribution is -2.47. The first-order chi connectivity index (χ1) is 20.8. The molecule has 43 heavy (non-hydrogen) atoms. The number of methoxy groups -OCH3 is 1. The molecule has 0 spiro atoms. The normalized spacial score (nSPS) is 18.0. The van der Waals surface area contributed by atoms with E-state index in [1.807, 2.05) is 60.7 Å². The van der Waals surface area contributed by atoms with Crippen LogP contribution in [0, 0.1) is 0 Å². The van der Waals surface area contributed by atoms with E-state index in [1.54, 1.807) is 46.7 Å². The number of allylic oxidation sites excluding steroid dienone is 2. The van der Waals surface area contributed by atoms with Crippen molar-refractivity contribution in [3.05, 3.63) is 114 Å². The maximum atomic E-state index is 13.0. The van der Waals surface area contributed by atoms with Crippen molar-refractivity contribution >= 4 is 51.8 Å². The van der Waals surface area contributed by atoms with Crippen molar-refractivity contribution in [3.8, 4) is 5.88 Å². The number of fused-ring (bicyclic) bond motifs is 1. The molecule has 1 aliphatic carbocycles. The van der Waals surface area contributed by atoms with Crippen LogP contribution in [0.15, 0.2) is 112 Å². The number of aryl methyl sites for hydroxylation is 3. The molecule has 10 heteroatoms. The zero-order valence-electron chi connectivity index (χ0n) is 23.5. The molecule has 3 aromatic carbocycles. The summed E-state index contributed by atoms with van der Waals surface area (Å²) in [5.41, 5.74) is 9.78. The summed E-state index contributed by atoms with van der Waals surface area (Å²) in [5.74, 6) is -0.372. The van der Waals surface area contributed by atoms with Gasteiger partial charge in [0, 0.05) is 22.6 Å². The number of halogens is 1. The minimum atomic E-state index is -1.55. The fourth-order valence-electron chi connectivity index (χ4n) is 4.83. The van der Waals surface area contributed by atoms with Gasteiger partial charge in [-0.2, -0.15) is 0 Å². The van der Waals surface area contributed by atoms with Gasteiger partial charge in [-0.1, -0.05) is 66.8 Å². The SMILES string of the molecule is COC(=O)c1ccc(CCSc2ccc3c(c2)c(N=NC(=O)C2(Cl)C=CC=CC2N)c(O)n3CCc2ccccc2)cc1. The van der Waals surface area contributed by atoms with Gasteiger partial charge in [0.15, 0.2) is 10.6 Å². The minimum Gasteiger partial charge on any atom is -0.493 e. The molecular weight excluding hydrogens is 584 g/mol. The van der Waals surface area contributed by atoms with Crippen molar-refractivity contribution in [1.29, 1.82) is 0 Å². The highest BCUT2D eigenvalue weighted by Crippen LogP contribution is 2.41. The van der Waals surface area contributed by atoms with E-state index in [0.29, 0.717) is 23.9 Å². The van der Waals surface area contributed by atoms with Crippen molar-refractivity contribution in [1.82, 2.24) is 4.57 Å². The van der Waals surface area contributed by atoms with Crippen LogP contribution in [0.1, 0.15) is 21.5 Å². The molecule has 2 unspecified atom stereocenters. The van der Waals surface area contributed by atoms with Gasteiger partial charge in [0.25, 0.3) is 5.91 Å². The van der Waals surface area contributed by atoms with Gasteiger partial charge < -0.3 is 20.1 Å². The van der Waals surface area contributed by atoms with E-state index in [4.69, 9.17) is 22.1 Å². The number of aromatic nitrogens is 1. The number of nitrogens with zero attached hydrogens (tertiary/aromatic N) is 3. The molecule has 1 amide bonds. The highest BCUT2D eigenvalue weighted by molar-refractivity contribution is 7.99. The molecule has 0 radical (unpaired) electrons. The van der Waals surface area contributed by atoms with Gasteiger partial charge in [0.05, 0.1) is 24.2 Å². The van der Waals surface area contributed by atoms with Gasteiger partial charge in [-0.05, 0) is 54.3 Å². The number of rotatable bonds is 10. The van der Waals surface area contributed by atoms with Gasteiger partial charge in [0.2, 0.25) is 5.88 Å². The summed E-state index contributed by atoms with van der Waals surface area (Å²) in [6.45, 7) is 0.502. The molecule has 0 fully saturated rings. The largest absolute Gasteiger partial charge is 0.493 e. The Morgan fingerprint density at radius 2 is 1.79 bits per heavy atom. The first-order valence-corrected chi connectivity index (χ1v) is 15.1. The second-order valence-corrected chi connectivity index (χ2v) is 11.9. The standard InChI is InChI=1S/C33H31ClN4O4S/c1-42-31(40)24-12-10-23(11-13-24)17-20-43-25-14-15-27-26(21-25)29(30(39)38(27)19-16-22-7-3-2-4-8-22)36-37-32(41)33(34)18-6-5-9-28(33)35/h2-15,18,21,28,39H,16-17,19-20,35H2,1H3. The van der Waals surface area contributed by atoms with Crippen LogP contribution in [-0.2, 0) is 28.9 Å². The van der Waals surface area contributed by atoms with E-state index in [-0.39, 0.29) is 17.5 Å². The fourth-order valence-corrected chi connectivity index (χ4v) is 5.95. The molecule has 1 aliphatic rings. The predicted molar refractivity (Wildman–Crippen MR) is 170 cm³/mol. The maximum absolute atomic E-state index is 13.0. The Morgan fingerprint density at radius 1 is 1.05 bits per heavy atom. The van der Waals surface area contributed by atoms with Crippen molar-refractivity contribution in [2.45, 2.75) is 35.2 Å². The van der Waals surface area contributed by atoms with Gasteiger partial charge in [-0.3, -0.25) is 4.79 Å². The van der Waals surface area contributed by atoms with E-state index in [1.165, 1.54) is 13.2 Å². The summed E-state index contributed by atoms with van der Waals surface area (Å²) in [7, 11) is 1.36. The van der Waals surface area contributed by atoms with Crippen LogP contribution in [0.3, 0.4) is 0 Å². The number of alkyl halides is 1. The molecular formula is C33H31ClN4O4S. The predicted octanol–water partition coefficient (Wildman–Crippen LogP) is 6.75. The lowest BCUT2D eigenvalue weighted by Gasteiger charge is -2.25. The topological polar surface area (TPSA) is 119 Å². The Hall–Kier alpha value is -4.18. The summed E-state index contributed by atoms with van der Waals surface area (Å²) in [5, 5.41) is 20.1. The number of hydrogen-bond acceptors (Lipinski definition) is 7. The number of benzene rings is 3. The fraction of sp³-hybridized carbons (Fsp3) is 0.212. The molecule has 2 atom stereocenters. The first kappa shape index (κ1) is 30.3. The smallest absolute Gasteiger partial charge is 0.337 e. The van der Waals surface area contributed by atoms with Crippen LogP contribution >= 0.6 is 23.4 Å². The average Bonchev–Trinajstić information content (AvgIpc) is 3.29. The van der Waals surface area contributed by atoms with Gasteiger partial charge >= 0.3 is 5.97 Å². The molecule has 0 bridgehead atoms. The molecule has 220 valence electrons. The number of thioether (sulfide) groups is 1. The molecule has 1 aromatic heterocycles. The Balaban J connectivity index is 1.40. The first-order valence-electron chi connectivity index (χ1n) is 13.8. The summed E-state index contributed by atoms with van der Waals surface area (Å²) < 4.78 is 6.55. The van der Waals surface area contributed by atoms with Gasteiger partial charge in [-0.15, -0.1) is 33.6 Å². The van der Waals surface area contributed by atoms with Gasteiger partial charge in [0.1, 0.15) is 0 Å². The van der Waals surface area contributed by atoms with E-state index in [0.717, 1.165) is 33.7 Å². The van der Waals surface area contributed by atoms with E-state index < -0.39 is 16.8 Å². The lowest BCUT2D eigenvalue weighted by molar-refractivity contribution is -0.119. The molecule has 0 saturated carbocycles. The number of amides is 1. The second kappa shape index (κ2) is 13.4. The zero-order chi connectivity index (χ0) is 30.4. The molecule has 0 aliphatic heterocycles. The number of nitrogens with two attached hydrogens (primary N) is 1. The second-order valence-electron chi connectivity index (χ2n) is 10.1. The number of azo groups is 1. The van der Waals surface area contributed by atoms with Crippen molar-refractivity contribution in [2.75, 3.05) is 12.9 Å². The molecule has 8 nitrogen and oxygen atoms in total. The van der Waals surface area contributed by atoms with E-state index in [2.05, 4.69) is 10.2 Å². The van der Waals surface area contributed by atoms with Crippen LogP contribution in [0.25, 0.3) is 10.9 Å². The highest BCUT2D eigenvalue weighted by atomic mass is 35.5. The van der Waals surface area contributed by atoms with Crippen molar-refractivity contribution in [3.63, 3.8) is 0 Å². The van der Waals surface area contributed by atoms with Crippen LogP contribution in [0.5, 0.6) is 5.88 Å². The van der Waals surface area contributed by atoms with Crippen LogP contribution in [0.2, 0.25) is 0 Å². The molecule has 1 heterocycles. The Labute approximate surface area is 258 Å². The summed E-state index contributed by atoms with van der Waals surface area (Å²) in [4.78, 5) is 24.1. The molecule has 3 N–H and O–H groups in total. The molecule has 5 rings (SSSR count). The maximum Gasteiger partial charge on any atom is 0.337 e. The third-order valence-electron chi connectivity index (χ3n) is 7.30. The summed E-state index contributed by atoms with van der Waals surface area (Å²) in [6.07, 6.45) is 7.97. The molecule has 0 saturated heterocycles. The quantitative estimate of drug-likeness (QED) is 0.0882. The van der Waals surface area contributed by atoms with Crippen molar-refractivity contribution < 1.29 is 19.4 Å². The Kier molecular flexibility index (Phi) is 9.45. The van der Waals surface area contributed by atoms with Gasteiger partial charge in [-0.25, -0.2) is 4.79 Å². The monoisotopic (exact) mass is 614 g/mol. The third-order valence-corrected chi connectivity index (χ3v) is 8.84. The Morgan fingerprint density at radius 3 is 2.51 bits per heavy atom. The minimum absolute atomic E-state index is 0.0812. The Bertz CT molecular complexity index is 1720. The number of hydrogen-bond donors (Lipinski definition) is 2. The molecule has 4 aromatic rings. The highest BCUT2D eigenvalue weighted by Gasteiger charge is 2.40. The number of aromatic hydroxyl groups is 1. The number of ether oxygens (including phenoxy) is 1. The summed E-state index contributed by atoms with van der Waals surface area (Å²) in [6, 6.07) is 22.5. The number of carbonyl (C=O) groups is 2. The van der Waals surface area contributed by atoms with Crippen LogP contribution in [-0.4, -0.2) is 45.3 Å². The zero-order valence-corrected chi connectivity index (χ0v) is 25.1. The summed E-state index contributed by atoms with van der Waals surface area (Å²) >= 11 is 8.18. The van der Waals surface area contributed by atoms with E-state index >= 15 is 0 Å². The van der Waals surface area contributed by atoms with E-state index in [9.17, 15) is 14.7 Å². The average molecular weight is 615 g/mol. The number of esters is 1.